The molecule has 0 unspecified atom stereocenters. The highest BCUT2D eigenvalue weighted by Gasteiger charge is 2.39. The number of hydrogen-bond donors (Lipinski definition) is 0. The summed E-state index contributed by atoms with van der Waals surface area (Å²) in [7, 11) is 1.75. The maximum Gasteiger partial charge on any atom is 0.0593 e. The van der Waals surface area contributed by atoms with E-state index in [9.17, 15) is 0 Å². The van der Waals surface area contributed by atoms with Crippen molar-refractivity contribution >= 4 is 0 Å². The number of allylic oxidation sites excluding steroid dienone is 1. The molecule has 0 atom stereocenters. The molecule has 0 aromatic carbocycles. The van der Waals surface area contributed by atoms with Gasteiger partial charge < -0.3 is 9.47 Å². The molecule has 0 aromatic rings. The smallest absolute Gasteiger partial charge is 0.0593 e. The van der Waals surface area contributed by atoms with Crippen LogP contribution < -0.4 is 0 Å². The van der Waals surface area contributed by atoms with E-state index in [1.54, 1.807) is 7.11 Å². The number of nitrogens with zero attached hydrogens (tertiary/aromatic N) is 1. The van der Waals surface area contributed by atoms with Gasteiger partial charge >= 0.3 is 0 Å². The fourth-order valence-electron chi connectivity index (χ4n) is 2.53. The minimum absolute atomic E-state index is 0.524. The fraction of sp³-hybridized carbons (Fsp3) is 0.867. The van der Waals surface area contributed by atoms with E-state index in [-0.39, 0.29) is 0 Å². The molecule has 1 aliphatic heterocycles. The molecule has 1 aliphatic rings. The van der Waals surface area contributed by atoms with Gasteiger partial charge in [0.25, 0.3) is 0 Å². The van der Waals surface area contributed by atoms with E-state index in [1.165, 1.54) is 25.9 Å². The number of ether oxygens (including phenoxy) is 2. The molecule has 0 aromatic heterocycles. The van der Waals surface area contributed by atoms with E-state index in [2.05, 4.69) is 30.9 Å². The Hall–Kier alpha value is -0.380. The van der Waals surface area contributed by atoms with Crippen LogP contribution in [-0.2, 0) is 9.47 Å². The highest BCUT2D eigenvalue weighted by Crippen LogP contribution is 2.37. The Morgan fingerprint density at radius 3 is 2.56 bits per heavy atom. The predicted octanol–water partition coefficient (Wildman–Crippen LogP) is 2.72. The summed E-state index contributed by atoms with van der Waals surface area (Å²) in [6.07, 6.45) is 8.10. The molecule has 0 bridgehead atoms. The number of hydrogen-bond acceptors (Lipinski definition) is 3. The van der Waals surface area contributed by atoms with Gasteiger partial charge in [0, 0.05) is 40.0 Å². The van der Waals surface area contributed by atoms with Crippen molar-refractivity contribution < 1.29 is 9.47 Å². The number of rotatable bonds is 10. The maximum atomic E-state index is 5.40. The van der Waals surface area contributed by atoms with Crippen LogP contribution in [0.25, 0.3) is 0 Å². The Labute approximate surface area is 112 Å². The van der Waals surface area contributed by atoms with E-state index >= 15 is 0 Å². The SMILES string of the molecule is CCOCCN1CC(CC)(C/C=C/CCOC)C1. The van der Waals surface area contributed by atoms with Gasteiger partial charge in [-0.2, -0.15) is 0 Å². The van der Waals surface area contributed by atoms with E-state index in [4.69, 9.17) is 9.47 Å². The first-order chi connectivity index (χ1) is 8.76. The monoisotopic (exact) mass is 255 g/mol. The summed E-state index contributed by atoms with van der Waals surface area (Å²) in [6.45, 7) is 10.4. The van der Waals surface area contributed by atoms with Gasteiger partial charge in [-0.25, -0.2) is 0 Å². The van der Waals surface area contributed by atoms with Crippen LogP contribution in [0.2, 0.25) is 0 Å². The van der Waals surface area contributed by atoms with Crippen LogP contribution in [0.15, 0.2) is 12.2 Å². The lowest BCUT2D eigenvalue weighted by Crippen LogP contribution is -2.56. The van der Waals surface area contributed by atoms with Gasteiger partial charge in [0.15, 0.2) is 0 Å². The molecule has 0 spiro atoms. The first kappa shape index (κ1) is 15.7. The molecule has 0 radical (unpaired) electrons. The van der Waals surface area contributed by atoms with Crippen molar-refractivity contribution in [3.63, 3.8) is 0 Å². The topological polar surface area (TPSA) is 21.7 Å². The summed E-state index contributed by atoms with van der Waals surface area (Å²) in [5.74, 6) is 0. The third-order valence-corrected chi connectivity index (χ3v) is 3.83. The predicted molar refractivity (Wildman–Crippen MR) is 75.9 cm³/mol. The molecule has 18 heavy (non-hydrogen) atoms. The van der Waals surface area contributed by atoms with Crippen molar-refractivity contribution in [3.8, 4) is 0 Å². The van der Waals surface area contributed by atoms with Crippen LogP contribution in [0.3, 0.4) is 0 Å². The van der Waals surface area contributed by atoms with E-state index in [0.717, 1.165) is 32.8 Å². The van der Waals surface area contributed by atoms with Crippen LogP contribution in [0.1, 0.15) is 33.1 Å². The molecule has 1 heterocycles. The fourth-order valence-corrected chi connectivity index (χ4v) is 2.53. The zero-order valence-electron chi connectivity index (χ0n) is 12.3. The molecular weight excluding hydrogens is 226 g/mol. The zero-order valence-corrected chi connectivity index (χ0v) is 12.3. The van der Waals surface area contributed by atoms with Crippen molar-refractivity contribution in [2.45, 2.75) is 33.1 Å². The minimum atomic E-state index is 0.524. The molecule has 0 aliphatic carbocycles. The van der Waals surface area contributed by atoms with Crippen LogP contribution in [0.4, 0.5) is 0 Å². The largest absolute Gasteiger partial charge is 0.384 e. The van der Waals surface area contributed by atoms with Crippen molar-refractivity contribution in [2.24, 2.45) is 5.41 Å². The zero-order chi connectivity index (χ0) is 13.3. The lowest BCUT2D eigenvalue weighted by atomic mass is 9.74. The van der Waals surface area contributed by atoms with Gasteiger partial charge in [0.2, 0.25) is 0 Å². The number of methoxy groups -OCH3 is 1. The Morgan fingerprint density at radius 1 is 1.17 bits per heavy atom. The molecular formula is C15H29NO2. The molecule has 3 nitrogen and oxygen atoms in total. The summed E-state index contributed by atoms with van der Waals surface area (Å²) in [5, 5.41) is 0. The molecule has 1 fully saturated rings. The first-order valence-electron chi connectivity index (χ1n) is 7.20. The summed E-state index contributed by atoms with van der Waals surface area (Å²) < 4.78 is 10.4. The van der Waals surface area contributed by atoms with Crippen molar-refractivity contribution in [2.75, 3.05) is 46.6 Å². The Morgan fingerprint density at radius 2 is 1.94 bits per heavy atom. The molecule has 1 rings (SSSR count). The summed E-state index contributed by atoms with van der Waals surface area (Å²) in [5.41, 5.74) is 0.524. The van der Waals surface area contributed by atoms with E-state index in [0.29, 0.717) is 5.41 Å². The number of likely N-dealkylation sites (tertiary alicyclic amines) is 1. The van der Waals surface area contributed by atoms with Gasteiger partial charge in [0.05, 0.1) is 6.61 Å². The second-order valence-electron chi connectivity index (χ2n) is 5.22. The second kappa shape index (κ2) is 8.68. The summed E-state index contributed by atoms with van der Waals surface area (Å²) >= 11 is 0. The third-order valence-electron chi connectivity index (χ3n) is 3.83. The minimum Gasteiger partial charge on any atom is -0.384 e. The van der Waals surface area contributed by atoms with Gasteiger partial charge in [-0.15, -0.1) is 0 Å². The third kappa shape index (κ3) is 5.09. The van der Waals surface area contributed by atoms with E-state index < -0.39 is 0 Å². The average Bonchev–Trinajstić information content (AvgIpc) is 2.34. The molecule has 0 amide bonds. The Bertz CT molecular complexity index is 235. The summed E-state index contributed by atoms with van der Waals surface area (Å²) in [4.78, 5) is 2.50. The van der Waals surface area contributed by atoms with Crippen LogP contribution >= 0.6 is 0 Å². The van der Waals surface area contributed by atoms with Crippen molar-refractivity contribution in [3.05, 3.63) is 12.2 Å². The molecule has 1 saturated heterocycles. The Kier molecular flexibility index (Phi) is 7.56. The van der Waals surface area contributed by atoms with Gasteiger partial charge in [-0.3, -0.25) is 4.90 Å². The summed E-state index contributed by atoms with van der Waals surface area (Å²) in [6, 6.07) is 0. The van der Waals surface area contributed by atoms with Gasteiger partial charge in [0.1, 0.15) is 0 Å². The molecule has 3 heteroatoms. The highest BCUT2D eigenvalue weighted by molar-refractivity contribution is 4.99. The maximum absolute atomic E-state index is 5.40. The normalized spacial score (nSPS) is 19.3. The van der Waals surface area contributed by atoms with Gasteiger partial charge in [-0.05, 0) is 31.6 Å². The average molecular weight is 255 g/mol. The molecule has 0 saturated carbocycles. The lowest BCUT2D eigenvalue weighted by Gasteiger charge is -2.50. The lowest BCUT2D eigenvalue weighted by molar-refractivity contribution is -0.0186. The van der Waals surface area contributed by atoms with Crippen LogP contribution in [0, 0.1) is 5.41 Å². The molecule has 0 N–H and O–H groups in total. The first-order valence-corrected chi connectivity index (χ1v) is 7.20. The Balaban J connectivity index is 2.16. The quantitative estimate of drug-likeness (QED) is 0.442. The standard InChI is InChI=1S/C15H29NO2/c1-4-15(9-7-6-8-11-17-3)13-16(14-15)10-12-18-5-2/h6-7H,4-5,8-14H2,1-3H3/b7-6+. The second-order valence-corrected chi connectivity index (χ2v) is 5.22. The van der Waals surface area contributed by atoms with Crippen LogP contribution in [0.5, 0.6) is 0 Å². The highest BCUT2D eigenvalue weighted by atomic mass is 16.5. The van der Waals surface area contributed by atoms with E-state index in [1.807, 2.05) is 0 Å². The molecule has 106 valence electrons. The van der Waals surface area contributed by atoms with Crippen molar-refractivity contribution in [1.29, 1.82) is 0 Å². The van der Waals surface area contributed by atoms with Gasteiger partial charge in [-0.1, -0.05) is 19.1 Å². The van der Waals surface area contributed by atoms with Crippen molar-refractivity contribution in [1.82, 2.24) is 4.90 Å². The van der Waals surface area contributed by atoms with Crippen LogP contribution in [-0.4, -0.2) is 51.5 Å².